The van der Waals surface area contributed by atoms with Gasteiger partial charge in [-0.1, -0.05) is 30.3 Å². The number of nitrogens with one attached hydrogen (secondary N) is 1. The van der Waals surface area contributed by atoms with Crippen LogP contribution in [-0.2, 0) is 16.0 Å². The summed E-state index contributed by atoms with van der Waals surface area (Å²) in [5.41, 5.74) is 1.74. The molecular weight excluding hydrogens is 358 g/mol. The molecule has 2 N–H and O–H groups in total. The van der Waals surface area contributed by atoms with Gasteiger partial charge in [0.2, 0.25) is 5.91 Å². The summed E-state index contributed by atoms with van der Waals surface area (Å²) in [6.45, 7) is 3.05. The molecule has 1 aliphatic heterocycles. The first-order valence-corrected chi connectivity index (χ1v) is 9.52. The molecule has 0 radical (unpaired) electrons. The minimum Gasteiger partial charge on any atom is -0.494 e. The highest BCUT2D eigenvalue weighted by Crippen LogP contribution is 2.33. The van der Waals surface area contributed by atoms with Crippen LogP contribution < -0.4 is 14.8 Å². The van der Waals surface area contributed by atoms with Crippen LogP contribution in [0.25, 0.3) is 0 Å². The van der Waals surface area contributed by atoms with E-state index < -0.39 is 11.9 Å². The molecule has 2 aromatic rings. The van der Waals surface area contributed by atoms with Gasteiger partial charge in [-0.05, 0) is 43.5 Å². The average molecular weight is 383 g/mol. The maximum absolute atomic E-state index is 12.7. The van der Waals surface area contributed by atoms with Crippen molar-refractivity contribution in [3.05, 3.63) is 59.7 Å². The van der Waals surface area contributed by atoms with Crippen molar-refractivity contribution in [1.29, 1.82) is 0 Å². The van der Waals surface area contributed by atoms with Crippen molar-refractivity contribution in [1.82, 2.24) is 5.32 Å². The Morgan fingerprint density at radius 3 is 2.68 bits per heavy atom. The number of carboxylic acid groups (broad SMARTS) is 1. The van der Waals surface area contributed by atoms with Crippen LogP contribution >= 0.6 is 0 Å². The first kappa shape index (κ1) is 19.7. The van der Waals surface area contributed by atoms with E-state index in [9.17, 15) is 14.7 Å². The number of hydrogen-bond donors (Lipinski definition) is 2. The van der Waals surface area contributed by atoms with Crippen molar-refractivity contribution in [2.24, 2.45) is 5.92 Å². The molecule has 2 atom stereocenters. The summed E-state index contributed by atoms with van der Waals surface area (Å²) in [4.78, 5) is 24.3. The second-order valence-corrected chi connectivity index (χ2v) is 6.79. The minimum absolute atomic E-state index is 0.0842. The molecule has 0 saturated heterocycles. The van der Waals surface area contributed by atoms with Gasteiger partial charge in [-0.2, -0.15) is 0 Å². The van der Waals surface area contributed by atoms with Crippen molar-refractivity contribution in [2.75, 3.05) is 19.8 Å². The zero-order valence-corrected chi connectivity index (χ0v) is 15.9. The van der Waals surface area contributed by atoms with E-state index in [4.69, 9.17) is 9.47 Å². The number of fused-ring (bicyclic) bond motifs is 1. The van der Waals surface area contributed by atoms with Crippen LogP contribution in [0.2, 0.25) is 0 Å². The lowest BCUT2D eigenvalue weighted by Crippen LogP contribution is -2.38. The molecule has 0 spiro atoms. The Labute approximate surface area is 164 Å². The number of para-hydroxylation sites is 1. The molecule has 2 aromatic carbocycles. The molecule has 0 bridgehead atoms. The van der Waals surface area contributed by atoms with Gasteiger partial charge in [-0.25, -0.2) is 0 Å². The summed E-state index contributed by atoms with van der Waals surface area (Å²) in [5, 5.41) is 12.4. The number of amides is 1. The molecule has 1 aliphatic rings. The largest absolute Gasteiger partial charge is 0.494 e. The average Bonchev–Trinajstić information content (AvgIpc) is 2.71. The van der Waals surface area contributed by atoms with Crippen LogP contribution in [0.4, 0.5) is 0 Å². The third-order valence-corrected chi connectivity index (χ3v) is 4.86. The highest BCUT2D eigenvalue weighted by atomic mass is 16.5. The molecule has 0 aromatic heterocycles. The molecule has 6 nitrogen and oxygen atoms in total. The van der Waals surface area contributed by atoms with Crippen LogP contribution in [0.3, 0.4) is 0 Å². The highest BCUT2D eigenvalue weighted by Gasteiger charge is 2.28. The first-order chi connectivity index (χ1) is 13.6. The van der Waals surface area contributed by atoms with Crippen molar-refractivity contribution < 1.29 is 24.2 Å². The van der Waals surface area contributed by atoms with Gasteiger partial charge in [0.25, 0.3) is 0 Å². The predicted molar refractivity (Wildman–Crippen MR) is 105 cm³/mol. The zero-order valence-electron chi connectivity index (χ0n) is 15.9. The Hall–Kier alpha value is -3.02. The van der Waals surface area contributed by atoms with Crippen LogP contribution in [0.1, 0.15) is 30.4 Å². The van der Waals surface area contributed by atoms with E-state index in [1.807, 2.05) is 55.5 Å². The Bertz CT molecular complexity index is 818. The molecule has 28 heavy (non-hydrogen) atoms. The monoisotopic (exact) mass is 383 g/mol. The summed E-state index contributed by atoms with van der Waals surface area (Å²) >= 11 is 0. The second kappa shape index (κ2) is 9.26. The normalized spacial score (nSPS) is 16.4. The zero-order chi connectivity index (χ0) is 19.9. The quantitative estimate of drug-likeness (QED) is 0.732. The maximum atomic E-state index is 12.7. The Morgan fingerprint density at radius 2 is 1.96 bits per heavy atom. The molecule has 2 unspecified atom stereocenters. The van der Waals surface area contributed by atoms with E-state index in [0.717, 1.165) is 22.6 Å². The summed E-state index contributed by atoms with van der Waals surface area (Å²) < 4.78 is 11.0. The number of hydrogen-bond acceptors (Lipinski definition) is 4. The molecule has 0 aliphatic carbocycles. The van der Waals surface area contributed by atoms with E-state index in [1.165, 1.54) is 0 Å². The Balaban J connectivity index is 1.61. The molecule has 0 fully saturated rings. The maximum Gasteiger partial charge on any atom is 0.308 e. The van der Waals surface area contributed by atoms with E-state index in [-0.39, 0.29) is 18.4 Å². The number of ether oxygens (including phenoxy) is 2. The third kappa shape index (κ3) is 4.82. The van der Waals surface area contributed by atoms with E-state index in [1.54, 1.807) is 0 Å². The number of benzene rings is 2. The number of rotatable bonds is 8. The lowest BCUT2D eigenvalue weighted by molar-refractivity contribution is -0.141. The molecule has 6 heteroatoms. The van der Waals surface area contributed by atoms with Gasteiger partial charge >= 0.3 is 5.97 Å². The van der Waals surface area contributed by atoms with Crippen molar-refractivity contribution in [3.63, 3.8) is 0 Å². The second-order valence-electron chi connectivity index (χ2n) is 6.79. The minimum atomic E-state index is -0.929. The van der Waals surface area contributed by atoms with Gasteiger partial charge < -0.3 is 19.9 Å². The fourth-order valence-corrected chi connectivity index (χ4v) is 3.38. The predicted octanol–water partition coefficient (Wildman–Crippen LogP) is 3.01. The molecule has 1 heterocycles. The topological polar surface area (TPSA) is 84.9 Å². The summed E-state index contributed by atoms with van der Waals surface area (Å²) in [6.07, 6.45) is 0.922. The summed E-state index contributed by atoms with van der Waals surface area (Å²) in [7, 11) is 0. The fourth-order valence-electron chi connectivity index (χ4n) is 3.38. The van der Waals surface area contributed by atoms with Gasteiger partial charge in [0.05, 0.1) is 25.0 Å². The lowest BCUT2D eigenvalue weighted by atomic mass is 9.92. The van der Waals surface area contributed by atoms with Crippen molar-refractivity contribution >= 4 is 11.9 Å². The third-order valence-electron chi connectivity index (χ3n) is 4.86. The van der Waals surface area contributed by atoms with Gasteiger partial charge in [-0.15, -0.1) is 0 Å². The van der Waals surface area contributed by atoms with Crippen molar-refractivity contribution in [2.45, 2.75) is 25.7 Å². The molecule has 0 saturated carbocycles. The first-order valence-electron chi connectivity index (χ1n) is 9.52. The number of carboxylic acids is 1. The smallest absolute Gasteiger partial charge is 0.308 e. The van der Waals surface area contributed by atoms with Crippen LogP contribution in [0.15, 0.2) is 48.5 Å². The molecule has 1 amide bonds. The fraction of sp³-hybridized carbons (Fsp3) is 0.364. The van der Waals surface area contributed by atoms with E-state index >= 15 is 0 Å². The molecule has 3 rings (SSSR count). The number of aliphatic carboxylic acids is 1. The SMILES string of the molecule is CCOc1ccc(CC(CNC(=O)C2CCOc3ccccc32)C(=O)O)cc1. The number of carbonyl (C=O) groups excluding carboxylic acids is 1. The van der Waals surface area contributed by atoms with Crippen LogP contribution in [0.5, 0.6) is 11.5 Å². The summed E-state index contributed by atoms with van der Waals surface area (Å²) in [5.74, 6) is -0.625. The van der Waals surface area contributed by atoms with Gasteiger partial charge in [0, 0.05) is 12.1 Å². The van der Waals surface area contributed by atoms with Gasteiger partial charge in [0.15, 0.2) is 0 Å². The Morgan fingerprint density at radius 1 is 1.21 bits per heavy atom. The van der Waals surface area contributed by atoms with Gasteiger partial charge in [0.1, 0.15) is 11.5 Å². The molecular formula is C22H25NO5. The van der Waals surface area contributed by atoms with Crippen LogP contribution in [0, 0.1) is 5.92 Å². The van der Waals surface area contributed by atoms with Crippen molar-refractivity contribution in [3.8, 4) is 11.5 Å². The van der Waals surface area contributed by atoms with E-state index in [2.05, 4.69) is 5.32 Å². The lowest BCUT2D eigenvalue weighted by Gasteiger charge is -2.25. The van der Waals surface area contributed by atoms with E-state index in [0.29, 0.717) is 26.1 Å². The summed E-state index contributed by atoms with van der Waals surface area (Å²) in [6, 6.07) is 14.9. The Kier molecular flexibility index (Phi) is 6.53. The van der Waals surface area contributed by atoms with Gasteiger partial charge in [-0.3, -0.25) is 9.59 Å². The molecule has 148 valence electrons. The standard InChI is InChI=1S/C22H25NO5/c1-2-27-17-9-7-15(8-10-17)13-16(22(25)26)14-23-21(24)19-11-12-28-20-6-4-3-5-18(19)20/h3-10,16,19H,2,11-14H2,1H3,(H,23,24)(H,25,26). The highest BCUT2D eigenvalue weighted by molar-refractivity contribution is 5.85. The number of carbonyl (C=O) groups is 2. The van der Waals surface area contributed by atoms with Crippen LogP contribution in [-0.4, -0.2) is 36.7 Å².